The minimum Gasteiger partial charge on any atom is -0.345 e. The zero-order valence-electron chi connectivity index (χ0n) is 11.2. The Labute approximate surface area is 117 Å². The van der Waals surface area contributed by atoms with Gasteiger partial charge in [0.05, 0.1) is 6.42 Å². The highest BCUT2D eigenvalue weighted by Crippen LogP contribution is 2.15. The van der Waals surface area contributed by atoms with Gasteiger partial charge in [-0.25, -0.2) is 0 Å². The Morgan fingerprint density at radius 3 is 2.39 bits per heavy atom. The maximum atomic E-state index is 12.1. The van der Waals surface area contributed by atoms with Gasteiger partial charge in [-0.2, -0.15) is 0 Å². The van der Waals surface area contributed by atoms with Gasteiger partial charge < -0.3 is 10.6 Å². The molecule has 0 aromatic heterocycles. The van der Waals surface area contributed by atoms with Gasteiger partial charge in [-0.3, -0.25) is 4.79 Å². The lowest BCUT2D eigenvalue weighted by molar-refractivity contribution is -0.130. The van der Waals surface area contributed by atoms with Crippen LogP contribution in [0.1, 0.15) is 19.4 Å². The Hall–Kier alpha value is -0.870. The van der Waals surface area contributed by atoms with Crippen LogP contribution >= 0.6 is 15.9 Å². The predicted molar refractivity (Wildman–Crippen MR) is 78.3 cm³/mol. The molecule has 3 nitrogen and oxygen atoms in total. The monoisotopic (exact) mass is 312 g/mol. The third-order valence-corrected chi connectivity index (χ3v) is 3.44. The lowest BCUT2D eigenvalue weighted by Gasteiger charge is -2.29. The summed E-state index contributed by atoms with van der Waals surface area (Å²) >= 11 is 3.38. The smallest absolute Gasteiger partial charge is 0.226 e. The summed E-state index contributed by atoms with van der Waals surface area (Å²) in [6.07, 6.45) is 0.435. The Balaban J connectivity index is 2.57. The summed E-state index contributed by atoms with van der Waals surface area (Å²) in [4.78, 5) is 13.8. The average molecular weight is 313 g/mol. The Kier molecular flexibility index (Phi) is 5.35. The highest BCUT2D eigenvalue weighted by Gasteiger charge is 2.21. The number of hydrogen-bond donors (Lipinski definition) is 1. The summed E-state index contributed by atoms with van der Waals surface area (Å²) in [5, 5.41) is 0. The predicted octanol–water partition coefficient (Wildman–Crippen LogP) is 2.43. The van der Waals surface area contributed by atoms with Crippen molar-refractivity contribution in [2.75, 3.05) is 20.1 Å². The minimum absolute atomic E-state index is 0.0376. The van der Waals surface area contributed by atoms with Crippen LogP contribution in [-0.4, -0.2) is 30.9 Å². The molecule has 0 spiro atoms. The van der Waals surface area contributed by atoms with Gasteiger partial charge in [0.1, 0.15) is 0 Å². The summed E-state index contributed by atoms with van der Waals surface area (Å²) in [5.74, 6) is 0.124. The van der Waals surface area contributed by atoms with Gasteiger partial charge in [-0.1, -0.05) is 41.9 Å². The molecule has 2 N–H and O–H groups in total. The summed E-state index contributed by atoms with van der Waals surface area (Å²) in [7, 11) is 1.83. The molecule has 4 heteroatoms. The number of rotatable bonds is 5. The number of likely N-dealkylation sites (N-methyl/N-ethyl adjacent to an activating group) is 1. The number of halogens is 1. The molecule has 0 atom stereocenters. The van der Waals surface area contributed by atoms with Gasteiger partial charge in [0, 0.05) is 18.1 Å². The summed E-state index contributed by atoms with van der Waals surface area (Å²) in [6, 6.07) is 7.83. The van der Waals surface area contributed by atoms with E-state index in [0.29, 0.717) is 19.5 Å². The van der Waals surface area contributed by atoms with E-state index in [1.54, 1.807) is 4.90 Å². The summed E-state index contributed by atoms with van der Waals surface area (Å²) in [6.45, 7) is 5.38. The van der Waals surface area contributed by atoms with Crippen molar-refractivity contribution in [3.63, 3.8) is 0 Å². The molecular formula is C14H21BrN2O. The first-order valence-electron chi connectivity index (χ1n) is 6.02. The average Bonchev–Trinajstić information content (AvgIpc) is 2.31. The van der Waals surface area contributed by atoms with Crippen LogP contribution in [0.2, 0.25) is 0 Å². The first kappa shape index (κ1) is 15.2. The molecule has 0 fully saturated rings. The molecule has 1 aromatic rings. The normalized spacial score (nSPS) is 11.4. The maximum absolute atomic E-state index is 12.1. The van der Waals surface area contributed by atoms with Gasteiger partial charge >= 0.3 is 0 Å². The van der Waals surface area contributed by atoms with E-state index in [1.165, 1.54) is 0 Å². The van der Waals surface area contributed by atoms with Crippen LogP contribution in [0.5, 0.6) is 0 Å². The van der Waals surface area contributed by atoms with Crippen LogP contribution in [0.3, 0.4) is 0 Å². The number of hydrogen-bond acceptors (Lipinski definition) is 2. The SMILES string of the molecule is CN(CC(C)(C)CN)C(=O)Cc1ccc(Br)cc1. The standard InChI is InChI=1S/C14H21BrN2O/c1-14(2,9-16)10-17(3)13(18)8-11-4-6-12(15)7-5-11/h4-7H,8-10,16H2,1-3H3. The van der Waals surface area contributed by atoms with E-state index in [2.05, 4.69) is 29.8 Å². The first-order valence-corrected chi connectivity index (χ1v) is 6.82. The molecule has 100 valence electrons. The lowest BCUT2D eigenvalue weighted by Crippen LogP contribution is -2.40. The molecule has 0 aliphatic rings. The van der Waals surface area contributed by atoms with Crippen LogP contribution < -0.4 is 5.73 Å². The molecule has 0 heterocycles. The topological polar surface area (TPSA) is 46.3 Å². The summed E-state index contributed by atoms with van der Waals surface area (Å²) in [5.41, 5.74) is 6.67. The van der Waals surface area contributed by atoms with Crippen molar-refractivity contribution >= 4 is 21.8 Å². The van der Waals surface area contributed by atoms with Gasteiger partial charge in [-0.05, 0) is 29.7 Å². The zero-order valence-corrected chi connectivity index (χ0v) is 12.8. The van der Waals surface area contributed by atoms with Crippen molar-refractivity contribution in [1.29, 1.82) is 0 Å². The molecule has 1 rings (SSSR count). The lowest BCUT2D eigenvalue weighted by atomic mass is 9.93. The highest BCUT2D eigenvalue weighted by molar-refractivity contribution is 9.10. The largest absolute Gasteiger partial charge is 0.345 e. The van der Waals surface area contributed by atoms with E-state index in [1.807, 2.05) is 31.3 Å². The fourth-order valence-electron chi connectivity index (χ4n) is 1.71. The number of nitrogens with zero attached hydrogens (tertiary/aromatic N) is 1. The fourth-order valence-corrected chi connectivity index (χ4v) is 1.97. The minimum atomic E-state index is -0.0376. The molecule has 0 aliphatic heterocycles. The van der Waals surface area contributed by atoms with Gasteiger partial charge in [0.2, 0.25) is 5.91 Å². The van der Waals surface area contributed by atoms with Gasteiger partial charge in [0.15, 0.2) is 0 Å². The van der Waals surface area contributed by atoms with Crippen LogP contribution in [0, 0.1) is 5.41 Å². The van der Waals surface area contributed by atoms with E-state index in [0.717, 1.165) is 10.0 Å². The van der Waals surface area contributed by atoms with Crippen molar-refractivity contribution in [3.8, 4) is 0 Å². The molecule has 1 amide bonds. The third-order valence-electron chi connectivity index (χ3n) is 2.91. The van der Waals surface area contributed by atoms with E-state index in [9.17, 15) is 4.79 Å². The van der Waals surface area contributed by atoms with Gasteiger partial charge in [0.25, 0.3) is 0 Å². The molecular weight excluding hydrogens is 292 g/mol. The number of amides is 1. The summed E-state index contributed by atoms with van der Waals surface area (Å²) < 4.78 is 1.02. The second-order valence-electron chi connectivity index (χ2n) is 5.42. The van der Waals surface area contributed by atoms with E-state index >= 15 is 0 Å². The Bertz CT molecular complexity index is 401. The van der Waals surface area contributed by atoms with Crippen molar-refractivity contribution in [2.24, 2.45) is 11.1 Å². The van der Waals surface area contributed by atoms with E-state index < -0.39 is 0 Å². The molecule has 0 aliphatic carbocycles. The molecule has 0 bridgehead atoms. The van der Waals surface area contributed by atoms with Crippen LogP contribution in [-0.2, 0) is 11.2 Å². The first-order chi connectivity index (χ1) is 8.34. The van der Waals surface area contributed by atoms with Crippen molar-refractivity contribution in [1.82, 2.24) is 4.90 Å². The molecule has 1 aromatic carbocycles. The number of carbonyl (C=O) groups is 1. The fraction of sp³-hybridized carbons (Fsp3) is 0.500. The number of carbonyl (C=O) groups excluding carboxylic acids is 1. The van der Waals surface area contributed by atoms with E-state index in [4.69, 9.17) is 5.73 Å². The third kappa shape index (κ3) is 4.78. The molecule has 0 saturated heterocycles. The molecule has 0 saturated carbocycles. The Morgan fingerprint density at radius 1 is 1.33 bits per heavy atom. The second kappa shape index (κ2) is 6.34. The van der Waals surface area contributed by atoms with Crippen molar-refractivity contribution < 1.29 is 4.79 Å². The molecule has 0 radical (unpaired) electrons. The second-order valence-corrected chi connectivity index (χ2v) is 6.34. The van der Waals surface area contributed by atoms with Crippen molar-refractivity contribution in [2.45, 2.75) is 20.3 Å². The van der Waals surface area contributed by atoms with Crippen LogP contribution in [0.15, 0.2) is 28.7 Å². The molecule has 0 unspecified atom stereocenters. The highest BCUT2D eigenvalue weighted by atomic mass is 79.9. The van der Waals surface area contributed by atoms with Gasteiger partial charge in [-0.15, -0.1) is 0 Å². The van der Waals surface area contributed by atoms with Crippen LogP contribution in [0.25, 0.3) is 0 Å². The number of benzene rings is 1. The quantitative estimate of drug-likeness (QED) is 0.907. The zero-order chi connectivity index (χ0) is 13.8. The van der Waals surface area contributed by atoms with E-state index in [-0.39, 0.29) is 11.3 Å². The maximum Gasteiger partial charge on any atom is 0.226 e. The Morgan fingerprint density at radius 2 is 1.89 bits per heavy atom. The van der Waals surface area contributed by atoms with Crippen LogP contribution in [0.4, 0.5) is 0 Å². The number of nitrogens with two attached hydrogens (primary N) is 1. The van der Waals surface area contributed by atoms with Crippen molar-refractivity contribution in [3.05, 3.63) is 34.3 Å². The molecule has 18 heavy (non-hydrogen) atoms.